The van der Waals surface area contributed by atoms with Crippen LogP contribution in [0.5, 0.6) is 0 Å². The van der Waals surface area contributed by atoms with Crippen molar-refractivity contribution >= 4 is 53.9 Å². The van der Waals surface area contributed by atoms with Gasteiger partial charge in [-0.05, 0) is 45.1 Å². The predicted octanol–water partition coefficient (Wildman–Crippen LogP) is 5.05. The van der Waals surface area contributed by atoms with E-state index in [4.69, 9.17) is 0 Å². The van der Waals surface area contributed by atoms with Crippen molar-refractivity contribution in [1.82, 2.24) is 0 Å². The van der Waals surface area contributed by atoms with Gasteiger partial charge in [0, 0.05) is 26.9 Å². The Bertz CT molecular complexity index is 1610. The second kappa shape index (κ2) is 4.55. The summed E-state index contributed by atoms with van der Waals surface area (Å²) < 4.78 is 0. The molecule has 0 aliphatic rings. The maximum atomic E-state index is 13.0. The molecule has 6 rings (SSSR count). The molecule has 0 aromatic heterocycles. The third-order valence-electron chi connectivity index (χ3n) is 5.55. The molecule has 0 saturated heterocycles. The Morgan fingerprint density at radius 2 is 1.04 bits per heavy atom. The minimum absolute atomic E-state index is 0.00649. The van der Waals surface area contributed by atoms with Gasteiger partial charge in [0.25, 0.3) is 0 Å². The van der Waals surface area contributed by atoms with Crippen LogP contribution in [-0.2, 0) is 0 Å². The van der Waals surface area contributed by atoms with E-state index in [1.54, 1.807) is 6.07 Å². The summed E-state index contributed by atoms with van der Waals surface area (Å²) in [5.41, 5.74) is 0.0133. The van der Waals surface area contributed by atoms with Crippen LogP contribution < -0.4 is 10.9 Å². The van der Waals surface area contributed by atoms with Crippen LogP contribution in [0.3, 0.4) is 0 Å². The predicted molar refractivity (Wildman–Crippen MR) is 109 cm³/mol. The lowest BCUT2D eigenvalue weighted by atomic mass is 10.0. The summed E-state index contributed by atoms with van der Waals surface area (Å²) >= 11 is 0. The highest BCUT2D eigenvalue weighted by atomic mass is 16.1. The molecule has 0 radical (unpaired) electrons. The molecule has 0 aliphatic carbocycles. The zero-order valence-corrected chi connectivity index (χ0v) is 13.7. The molecule has 0 bridgehead atoms. The summed E-state index contributed by atoms with van der Waals surface area (Å²) in [6, 6.07) is 23.5. The van der Waals surface area contributed by atoms with E-state index in [1.165, 1.54) is 0 Å². The van der Waals surface area contributed by atoms with Gasteiger partial charge in [-0.25, -0.2) is 0 Å². The average Bonchev–Trinajstić information content (AvgIpc) is 3.13. The van der Waals surface area contributed by atoms with E-state index in [2.05, 4.69) is 12.1 Å². The Kier molecular flexibility index (Phi) is 2.41. The fourth-order valence-electron chi connectivity index (χ4n) is 4.36. The van der Waals surface area contributed by atoms with Crippen LogP contribution in [0, 0.1) is 0 Å². The summed E-state index contributed by atoms with van der Waals surface area (Å²) in [6.45, 7) is 0. The summed E-state index contributed by atoms with van der Waals surface area (Å²) in [4.78, 5) is 25.8. The number of fused-ring (bicyclic) bond motifs is 8. The first-order valence-electron chi connectivity index (χ1n) is 8.63. The summed E-state index contributed by atoms with van der Waals surface area (Å²) in [5.74, 6) is 0. The molecular formula is C24H12O2. The molecule has 120 valence electrons. The first-order valence-corrected chi connectivity index (χ1v) is 8.63. The molecule has 26 heavy (non-hydrogen) atoms. The smallest absolute Gasteiger partial charge is 0.194 e. The molecule has 0 atom stereocenters. The molecule has 0 unspecified atom stereocenters. The van der Waals surface area contributed by atoms with Crippen molar-refractivity contribution in [2.45, 2.75) is 0 Å². The van der Waals surface area contributed by atoms with E-state index in [1.807, 2.05) is 54.6 Å². The highest BCUT2D eigenvalue weighted by molar-refractivity contribution is 6.27. The molecule has 6 aromatic carbocycles. The number of hydrogen-bond acceptors (Lipinski definition) is 2. The van der Waals surface area contributed by atoms with E-state index in [9.17, 15) is 9.59 Å². The average molecular weight is 332 g/mol. The number of hydrogen-bond donors (Lipinski definition) is 0. The van der Waals surface area contributed by atoms with Crippen molar-refractivity contribution in [1.29, 1.82) is 0 Å². The van der Waals surface area contributed by atoms with Crippen LogP contribution in [0.1, 0.15) is 0 Å². The van der Waals surface area contributed by atoms with Gasteiger partial charge in [0.1, 0.15) is 0 Å². The molecule has 0 saturated carbocycles. The first kappa shape index (κ1) is 13.7. The zero-order valence-electron chi connectivity index (χ0n) is 13.7. The van der Waals surface area contributed by atoms with Crippen LogP contribution in [-0.4, -0.2) is 0 Å². The van der Waals surface area contributed by atoms with Crippen LogP contribution in [0.2, 0.25) is 0 Å². The van der Waals surface area contributed by atoms with E-state index >= 15 is 0 Å². The van der Waals surface area contributed by atoms with Crippen molar-refractivity contribution in [2.24, 2.45) is 0 Å². The zero-order chi connectivity index (χ0) is 17.4. The molecule has 0 aliphatic heterocycles. The molecule has 6 aromatic rings. The van der Waals surface area contributed by atoms with Gasteiger partial charge in [-0.3, -0.25) is 9.59 Å². The third kappa shape index (κ3) is 1.52. The molecular weight excluding hydrogens is 320 g/mol. The van der Waals surface area contributed by atoms with E-state index in [-0.39, 0.29) is 10.9 Å². The Balaban J connectivity index is 1.97. The van der Waals surface area contributed by atoms with Gasteiger partial charge in [0.15, 0.2) is 10.9 Å². The normalized spacial score (nSPS) is 12.2. The summed E-state index contributed by atoms with van der Waals surface area (Å²) in [5, 5.41) is 8.72. The lowest BCUT2D eigenvalue weighted by Crippen LogP contribution is -1.96. The molecule has 0 fully saturated rings. The summed E-state index contributed by atoms with van der Waals surface area (Å²) in [6.07, 6.45) is 0. The van der Waals surface area contributed by atoms with Gasteiger partial charge < -0.3 is 0 Å². The van der Waals surface area contributed by atoms with E-state index in [0.717, 1.165) is 43.1 Å². The van der Waals surface area contributed by atoms with Gasteiger partial charge >= 0.3 is 0 Å². The molecule has 0 N–H and O–H groups in total. The van der Waals surface area contributed by atoms with Gasteiger partial charge in [-0.2, -0.15) is 0 Å². The largest absolute Gasteiger partial charge is 0.289 e. The maximum Gasteiger partial charge on any atom is 0.194 e. The second-order valence-electron chi connectivity index (χ2n) is 6.86. The molecule has 2 nitrogen and oxygen atoms in total. The van der Waals surface area contributed by atoms with Gasteiger partial charge in [-0.15, -0.1) is 0 Å². The van der Waals surface area contributed by atoms with Crippen LogP contribution in [0.25, 0.3) is 53.9 Å². The van der Waals surface area contributed by atoms with Crippen molar-refractivity contribution in [2.75, 3.05) is 0 Å². The minimum Gasteiger partial charge on any atom is -0.289 e. The highest BCUT2D eigenvalue weighted by Crippen LogP contribution is 2.35. The van der Waals surface area contributed by atoms with Crippen molar-refractivity contribution < 1.29 is 0 Å². The summed E-state index contributed by atoms with van der Waals surface area (Å²) in [7, 11) is 0. The van der Waals surface area contributed by atoms with Gasteiger partial charge in [0.2, 0.25) is 0 Å². The van der Waals surface area contributed by atoms with Crippen LogP contribution >= 0.6 is 0 Å². The quantitative estimate of drug-likeness (QED) is 0.390. The monoisotopic (exact) mass is 332 g/mol. The fourth-order valence-corrected chi connectivity index (χ4v) is 4.36. The third-order valence-corrected chi connectivity index (χ3v) is 5.55. The number of rotatable bonds is 0. The Labute approximate surface area is 147 Å². The molecule has 2 heteroatoms. The van der Waals surface area contributed by atoms with E-state index < -0.39 is 0 Å². The Hall–Kier alpha value is -3.52. The van der Waals surface area contributed by atoms with Crippen molar-refractivity contribution in [3.63, 3.8) is 0 Å². The highest BCUT2D eigenvalue weighted by Gasteiger charge is 2.17. The minimum atomic E-state index is 0.00649. The van der Waals surface area contributed by atoms with E-state index in [0.29, 0.717) is 10.8 Å². The molecule has 0 heterocycles. The Morgan fingerprint density at radius 3 is 1.88 bits per heavy atom. The van der Waals surface area contributed by atoms with Crippen molar-refractivity contribution in [3.8, 4) is 0 Å². The van der Waals surface area contributed by atoms with Crippen LogP contribution in [0.4, 0.5) is 0 Å². The molecule has 0 amide bonds. The standard InChI is InChI=1S/C24H12O2/c25-23-16-8-4-3-7-15(16)18-11-19-21(12-20(18)23)24(26)17-10-9-13-5-1-2-6-14(13)22(17)19/h1-12H. The topological polar surface area (TPSA) is 34.1 Å². The Morgan fingerprint density at radius 1 is 0.423 bits per heavy atom. The lowest BCUT2D eigenvalue weighted by Gasteiger charge is -2.00. The molecule has 0 spiro atoms. The second-order valence-corrected chi connectivity index (χ2v) is 6.86. The maximum absolute atomic E-state index is 13.0. The fraction of sp³-hybridized carbons (Fsp3) is 0. The van der Waals surface area contributed by atoms with Crippen molar-refractivity contribution in [3.05, 3.63) is 93.2 Å². The lowest BCUT2D eigenvalue weighted by molar-refractivity contribution is 1.79. The van der Waals surface area contributed by atoms with Gasteiger partial charge in [0.05, 0.1) is 0 Å². The SMILES string of the molecule is O=c1c2ccccc2c2cc3c(cc12)c(=O)c1ccc2ccccc2c13. The van der Waals surface area contributed by atoms with Gasteiger partial charge in [-0.1, -0.05) is 54.6 Å². The first-order chi connectivity index (χ1) is 12.7. The van der Waals surface area contributed by atoms with Crippen LogP contribution in [0.15, 0.2) is 82.4 Å². The number of benzene rings is 4.